The molecule has 0 saturated carbocycles. The molecule has 0 aromatic heterocycles. The Kier molecular flexibility index (Phi) is 5.59. The topological polar surface area (TPSA) is 105 Å². The maximum atomic E-state index is 12.7. The van der Waals surface area contributed by atoms with Crippen LogP contribution in [0.15, 0.2) is 54.2 Å². The SMILES string of the molecule is COc1cccc(/C=C2/NC(=O)N(Cc3ccccc3)C2=O)c1OCC(=O)O. The minimum absolute atomic E-state index is 0.0642. The second-order valence-electron chi connectivity index (χ2n) is 5.93. The van der Waals surface area contributed by atoms with Crippen molar-refractivity contribution in [2.24, 2.45) is 0 Å². The molecule has 8 heteroatoms. The molecule has 8 nitrogen and oxygen atoms in total. The van der Waals surface area contributed by atoms with E-state index in [1.165, 1.54) is 13.2 Å². The zero-order chi connectivity index (χ0) is 20.1. The van der Waals surface area contributed by atoms with Crippen LogP contribution in [-0.2, 0) is 16.1 Å². The summed E-state index contributed by atoms with van der Waals surface area (Å²) in [6.07, 6.45) is 1.44. The highest BCUT2D eigenvalue weighted by Gasteiger charge is 2.33. The molecule has 1 aliphatic heterocycles. The van der Waals surface area contributed by atoms with Crippen molar-refractivity contribution in [1.82, 2.24) is 10.2 Å². The first-order chi connectivity index (χ1) is 13.5. The first-order valence-corrected chi connectivity index (χ1v) is 8.39. The van der Waals surface area contributed by atoms with Crippen molar-refractivity contribution in [3.63, 3.8) is 0 Å². The fourth-order valence-corrected chi connectivity index (χ4v) is 2.73. The molecule has 2 aromatic rings. The van der Waals surface area contributed by atoms with Crippen LogP contribution in [0.1, 0.15) is 11.1 Å². The lowest BCUT2D eigenvalue weighted by Crippen LogP contribution is -2.30. The summed E-state index contributed by atoms with van der Waals surface area (Å²) < 4.78 is 10.5. The predicted octanol–water partition coefficient (Wildman–Crippen LogP) is 2.25. The van der Waals surface area contributed by atoms with Crippen LogP contribution in [0.3, 0.4) is 0 Å². The van der Waals surface area contributed by atoms with E-state index >= 15 is 0 Å². The summed E-state index contributed by atoms with van der Waals surface area (Å²) in [5, 5.41) is 11.4. The molecule has 1 fully saturated rings. The van der Waals surface area contributed by atoms with Crippen LogP contribution in [-0.4, -0.2) is 41.6 Å². The van der Waals surface area contributed by atoms with Crippen molar-refractivity contribution >= 4 is 24.0 Å². The van der Waals surface area contributed by atoms with Crippen LogP contribution < -0.4 is 14.8 Å². The van der Waals surface area contributed by atoms with Gasteiger partial charge in [-0.3, -0.25) is 9.69 Å². The second kappa shape index (κ2) is 8.26. The molecule has 2 aromatic carbocycles. The average Bonchev–Trinajstić information content (AvgIpc) is 2.95. The van der Waals surface area contributed by atoms with Gasteiger partial charge in [0.2, 0.25) is 0 Å². The Labute approximate surface area is 161 Å². The molecule has 1 saturated heterocycles. The lowest BCUT2D eigenvalue weighted by Gasteiger charge is -2.12. The number of carbonyl (C=O) groups excluding carboxylic acids is 2. The highest BCUT2D eigenvalue weighted by molar-refractivity contribution is 6.14. The Morgan fingerprint density at radius 3 is 2.57 bits per heavy atom. The van der Waals surface area contributed by atoms with Gasteiger partial charge in [0.1, 0.15) is 5.70 Å². The first kappa shape index (κ1) is 19.0. The van der Waals surface area contributed by atoms with E-state index in [-0.39, 0.29) is 18.0 Å². The monoisotopic (exact) mass is 382 g/mol. The number of imide groups is 1. The number of hydrogen-bond donors (Lipinski definition) is 2. The third kappa shape index (κ3) is 4.12. The van der Waals surface area contributed by atoms with Crippen molar-refractivity contribution in [3.8, 4) is 11.5 Å². The van der Waals surface area contributed by atoms with E-state index in [0.29, 0.717) is 11.3 Å². The van der Waals surface area contributed by atoms with Crippen molar-refractivity contribution in [3.05, 3.63) is 65.4 Å². The molecule has 144 valence electrons. The van der Waals surface area contributed by atoms with Gasteiger partial charge in [0, 0.05) is 5.56 Å². The van der Waals surface area contributed by atoms with E-state index in [1.807, 2.05) is 30.3 Å². The van der Waals surface area contributed by atoms with Crippen molar-refractivity contribution in [2.75, 3.05) is 13.7 Å². The van der Waals surface area contributed by atoms with Crippen LogP contribution in [0.4, 0.5) is 4.79 Å². The molecule has 3 rings (SSSR count). The summed E-state index contributed by atoms with van der Waals surface area (Å²) in [4.78, 5) is 36.8. The Morgan fingerprint density at radius 1 is 1.14 bits per heavy atom. The summed E-state index contributed by atoms with van der Waals surface area (Å²) in [7, 11) is 1.42. The van der Waals surface area contributed by atoms with Crippen molar-refractivity contribution in [2.45, 2.75) is 6.54 Å². The third-order valence-electron chi connectivity index (χ3n) is 4.01. The van der Waals surface area contributed by atoms with Crippen LogP contribution in [0.25, 0.3) is 6.08 Å². The predicted molar refractivity (Wildman–Crippen MR) is 99.6 cm³/mol. The summed E-state index contributed by atoms with van der Waals surface area (Å²) in [5.41, 5.74) is 1.29. The van der Waals surface area contributed by atoms with Crippen molar-refractivity contribution in [1.29, 1.82) is 0 Å². The van der Waals surface area contributed by atoms with Crippen LogP contribution in [0.2, 0.25) is 0 Å². The molecule has 28 heavy (non-hydrogen) atoms. The summed E-state index contributed by atoms with van der Waals surface area (Å²) in [5.74, 6) is -1.15. The number of aliphatic carboxylic acids is 1. The fraction of sp³-hybridized carbons (Fsp3) is 0.150. The van der Waals surface area contributed by atoms with E-state index in [9.17, 15) is 14.4 Å². The maximum Gasteiger partial charge on any atom is 0.341 e. The lowest BCUT2D eigenvalue weighted by atomic mass is 10.1. The zero-order valence-electron chi connectivity index (χ0n) is 15.0. The average molecular weight is 382 g/mol. The van der Waals surface area contributed by atoms with Crippen LogP contribution in [0, 0.1) is 0 Å². The normalized spacial score (nSPS) is 14.9. The molecule has 0 unspecified atom stereocenters. The number of nitrogens with one attached hydrogen (secondary N) is 1. The fourth-order valence-electron chi connectivity index (χ4n) is 2.73. The Hall–Kier alpha value is -3.81. The molecule has 0 atom stereocenters. The van der Waals surface area contributed by atoms with Crippen LogP contribution >= 0.6 is 0 Å². The number of benzene rings is 2. The quantitative estimate of drug-likeness (QED) is 0.562. The van der Waals surface area contributed by atoms with Crippen molar-refractivity contribution < 1.29 is 29.0 Å². The molecule has 3 amide bonds. The molecule has 1 aliphatic rings. The summed E-state index contributed by atoms with van der Waals surface area (Å²) in [6.45, 7) is -0.430. The molecular weight excluding hydrogens is 364 g/mol. The number of nitrogens with zero attached hydrogens (tertiary/aromatic N) is 1. The van der Waals surface area contributed by atoms with Gasteiger partial charge in [-0.2, -0.15) is 0 Å². The smallest absolute Gasteiger partial charge is 0.341 e. The van der Waals surface area contributed by atoms with E-state index in [1.54, 1.807) is 18.2 Å². The van der Waals surface area contributed by atoms with E-state index in [4.69, 9.17) is 14.6 Å². The molecule has 0 radical (unpaired) electrons. The Morgan fingerprint density at radius 2 is 1.89 bits per heavy atom. The Bertz CT molecular complexity index is 939. The van der Waals surface area contributed by atoms with Gasteiger partial charge < -0.3 is 19.9 Å². The summed E-state index contributed by atoms with van der Waals surface area (Å²) >= 11 is 0. The van der Waals surface area contributed by atoms with Gasteiger partial charge in [0.15, 0.2) is 18.1 Å². The molecule has 1 heterocycles. The van der Waals surface area contributed by atoms with E-state index in [2.05, 4.69) is 5.32 Å². The number of carboxylic acids is 1. The first-order valence-electron chi connectivity index (χ1n) is 8.39. The number of hydrogen-bond acceptors (Lipinski definition) is 5. The molecule has 0 bridgehead atoms. The number of methoxy groups -OCH3 is 1. The van der Waals surface area contributed by atoms with Gasteiger partial charge in [0.05, 0.1) is 13.7 Å². The molecule has 0 aliphatic carbocycles. The minimum Gasteiger partial charge on any atom is -0.493 e. The van der Waals surface area contributed by atoms with Gasteiger partial charge in [-0.05, 0) is 17.7 Å². The number of urea groups is 1. The lowest BCUT2D eigenvalue weighted by molar-refractivity contribution is -0.139. The largest absolute Gasteiger partial charge is 0.493 e. The van der Waals surface area contributed by atoms with Gasteiger partial charge in [0.25, 0.3) is 5.91 Å². The highest BCUT2D eigenvalue weighted by Crippen LogP contribution is 2.33. The van der Waals surface area contributed by atoms with Gasteiger partial charge in [-0.1, -0.05) is 42.5 Å². The zero-order valence-corrected chi connectivity index (χ0v) is 15.0. The van der Waals surface area contributed by atoms with E-state index in [0.717, 1.165) is 10.5 Å². The molecule has 0 spiro atoms. The number of carbonyl (C=O) groups is 3. The Balaban J connectivity index is 1.88. The molecular formula is C20H18N2O6. The van der Waals surface area contributed by atoms with Gasteiger partial charge in [-0.15, -0.1) is 0 Å². The number of para-hydroxylation sites is 1. The summed E-state index contributed by atoms with van der Waals surface area (Å²) in [6, 6.07) is 13.5. The number of amides is 3. The number of rotatable bonds is 7. The molecule has 2 N–H and O–H groups in total. The number of ether oxygens (including phenoxy) is 2. The minimum atomic E-state index is -1.15. The van der Waals surface area contributed by atoms with Gasteiger partial charge in [-0.25, -0.2) is 9.59 Å². The van der Waals surface area contributed by atoms with Crippen LogP contribution in [0.5, 0.6) is 11.5 Å². The van der Waals surface area contributed by atoms with Gasteiger partial charge >= 0.3 is 12.0 Å². The third-order valence-corrected chi connectivity index (χ3v) is 4.01. The second-order valence-corrected chi connectivity index (χ2v) is 5.93. The standard InChI is InChI=1S/C20H18N2O6/c1-27-16-9-5-8-14(18(16)28-12-17(23)24)10-15-19(25)22(20(26)21-15)11-13-6-3-2-4-7-13/h2-10H,11-12H2,1H3,(H,21,26)(H,23,24)/b15-10+. The number of carboxylic acid groups (broad SMARTS) is 1. The maximum absolute atomic E-state index is 12.7. The van der Waals surface area contributed by atoms with E-state index < -0.39 is 24.5 Å². The highest BCUT2D eigenvalue weighted by atomic mass is 16.5.